The van der Waals surface area contributed by atoms with Crippen molar-refractivity contribution in [1.82, 2.24) is 9.80 Å². The van der Waals surface area contributed by atoms with Crippen LogP contribution in [0.2, 0.25) is 0 Å². The van der Waals surface area contributed by atoms with Gasteiger partial charge in [-0.1, -0.05) is 12.1 Å². The number of nitrogen functional groups attached to an aromatic ring is 1. The summed E-state index contributed by atoms with van der Waals surface area (Å²) in [4.78, 5) is 16.2. The second-order valence-electron chi connectivity index (χ2n) is 5.05. The molecule has 0 aliphatic rings. The van der Waals surface area contributed by atoms with Crippen molar-refractivity contribution in [3.63, 3.8) is 0 Å². The average Bonchev–Trinajstić information content (AvgIpc) is 2.37. The van der Waals surface area contributed by atoms with Crippen molar-refractivity contribution >= 4 is 11.6 Å². The summed E-state index contributed by atoms with van der Waals surface area (Å²) >= 11 is 0. The van der Waals surface area contributed by atoms with E-state index in [2.05, 4.69) is 4.90 Å². The lowest BCUT2D eigenvalue weighted by atomic mass is 10.1. The first-order valence-corrected chi connectivity index (χ1v) is 6.80. The van der Waals surface area contributed by atoms with Crippen LogP contribution in [0.15, 0.2) is 24.3 Å². The van der Waals surface area contributed by atoms with Gasteiger partial charge in [0.25, 0.3) is 0 Å². The van der Waals surface area contributed by atoms with E-state index in [1.54, 1.807) is 0 Å². The smallest absolute Gasteiger partial charge is 0.226 e. The number of anilines is 1. The third kappa shape index (κ3) is 5.75. The number of carbonyl (C=O) groups excluding carboxylic acids is 1. The molecule has 1 rings (SSSR count). The number of carbonyl (C=O) groups is 1. The van der Waals surface area contributed by atoms with Crippen molar-refractivity contribution in [3.05, 3.63) is 29.8 Å². The third-order valence-corrected chi connectivity index (χ3v) is 3.10. The van der Waals surface area contributed by atoms with Gasteiger partial charge < -0.3 is 15.5 Å². The monoisotopic (exact) mass is 263 g/mol. The van der Waals surface area contributed by atoms with E-state index in [4.69, 9.17) is 5.73 Å². The zero-order valence-corrected chi connectivity index (χ0v) is 12.2. The maximum Gasteiger partial charge on any atom is 0.226 e. The molecule has 0 spiro atoms. The van der Waals surface area contributed by atoms with E-state index in [9.17, 15) is 4.79 Å². The predicted molar refractivity (Wildman–Crippen MR) is 80.0 cm³/mol. The van der Waals surface area contributed by atoms with Crippen molar-refractivity contribution in [2.45, 2.75) is 19.8 Å². The molecule has 0 unspecified atom stereocenters. The number of nitrogens with zero attached hydrogens (tertiary/aromatic N) is 2. The molecule has 0 atom stereocenters. The maximum absolute atomic E-state index is 12.2. The van der Waals surface area contributed by atoms with E-state index in [0.29, 0.717) is 6.42 Å². The maximum atomic E-state index is 12.2. The molecular formula is C15H25N3O. The zero-order valence-electron chi connectivity index (χ0n) is 12.2. The fraction of sp³-hybridized carbons (Fsp3) is 0.533. The van der Waals surface area contributed by atoms with Crippen LogP contribution in [0.3, 0.4) is 0 Å². The molecule has 0 aromatic heterocycles. The summed E-state index contributed by atoms with van der Waals surface area (Å²) in [6, 6.07) is 7.51. The van der Waals surface area contributed by atoms with Crippen LogP contribution < -0.4 is 5.73 Å². The molecule has 0 heterocycles. The molecule has 106 valence electrons. The number of hydrogen-bond donors (Lipinski definition) is 1. The van der Waals surface area contributed by atoms with Crippen LogP contribution in [0.4, 0.5) is 5.69 Å². The number of benzene rings is 1. The number of hydrogen-bond acceptors (Lipinski definition) is 3. The second-order valence-corrected chi connectivity index (χ2v) is 5.05. The fourth-order valence-corrected chi connectivity index (χ4v) is 1.96. The lowest BCUT2D eigenvalue weighted by Gasteiger charge is -2.22. The highest BCUT2D eigenvalue weighted by atomic mass is 16.2. The number of rotatable bonds is 7. The molecule has 0 saturated carbocycles. The summed E-state index contributed by atoms with van der Waals surface area (Å²) in [7, 11) is 4.10. The first-order valence-electron chi connectivity index (χ1n) is 6.80. The normalized spacial score (nSPS) is 10.7. The molecule has 0 fully saturated rings. The first-order chi connectivity index (χ1) is 9.02. The van der Waals surface area contributed by atoms with Gasteiger partial charge in [-0.15, -0.1) is 0 Å². The van der Waals surface area contributed by atoms with Gasteiger partial charge in [-0.3, -0.25) is 4.79 Å². The Morgan fingerprint density at radius 1 is 1.16 bits per heavy atom. The first kappa shape index (κ1) is 15.5. The largest absolute Gasteiger partial charge is 0.399 e. The van der Waals surface area contributed by atoms with Crippen LogP contribution in [-0.4, -0.2) is 49.4 Å². The van der Waals surface area contributed by atoms with E-state index in [-0.39, 0.29) is 5.91 Å². The second kappa shape index (κ2) is 7.79. The Hall–Kier alpha value is -1.55. The molecular weight excluding hydrogens is 238 g/mol. The number of amides is 1. The highest BCUT2D eigenvalue weighted by Crippen LogP contribution is 2.08. The third-order valence-electron chi connectivity index (χ3n) is 3.10. The molecule has 0 bridgehead atoms. The van der Waals surface area contributed by atoms with Gasteiger partial charge in [0.15, 0.2) is 0 Å². The molecule has 1 aromatic rings. The minimum atomic E-state index is 0.186. The van der Waals surface area contributed by atoms with Crippen molar-refractivity contribution in [1.29, 1.82) is 0 Å². The Morgan fingerprint density at radius 2 is 1.79 bits per heavy atom. The molecule has 4 heteroatoms. The zero-order chi connectivity index (χ0) is 14.3. The Balaban J connectivity index is 2.47. The van der Waals surface area contributed by atoms with Crippen LogP contribution in [0, 0.1) is 0 Å². The summed E-state index contributed by atoms with van der Waals surface area (Å²) in [5.74, 6) is 0.186. The van der Waals surface area contributed by atoms with Gasteiger partial charge in [-0.25, -0.2) is 0 Å². The van der Waals surface area contributed by atoms with Crippen molar-refractivity contribution in [2.24, 2.45) is 0 Å². The van der Waals surface area contributed by atoms with E-state index in [1.807, 2.05) is 50.2 Å². The molecule has 4 nitrogen and oxygen atoms in total. The van der Waals surface area contributed by atoms with Crippen LogP contribution in [-0.2, 0) is 11.2 Å². The van der Waals surface area contributed by atoms with Crippen LogP contribution in [0.1, 0.15) is 18.9 Å². The van der Waals surface area contributed by atoms with Crippen LogP contribution in [0.5, 0.6) is 0 Å². The molecule has 1 aromatic carbocycles. The standard InChI is InChI=1S/C15H25N3O/c1-4-18(11-5-10-17(2)3)15(19)12-13-6-8-14(16)9-7-13/h6-9H,4-5,10-12,16H2,1-3H3. The Labute approximate surface area is 116 Å². The quantitative estimate of drug-likeness (QED) is 0.760. The summed E-state index contributed by atoms with van der Waals surface area (Å²) in [6.45, 7) is 4.62. The van der Waals surface area contributed by atoms with Gasteiger partial charge in [0.2, 0.25) is 5.91 Å². The molecule has 0 aliphatic heterocycles. The minimum absolute atomic E-state index is 0.186. The van der Waals surface area contributed by atoms with Gasteiger partial charge in [0.1, 0.15) is 0 Å². The summed E-state index contributed by atoms with van der Waals surface area (Å²) in [5, 5.41) is 0. The summed E-state index contributed by atoms with van der Waals surface area (Å²) < 4.78 is 0. The van der Waals surface area contributed by atoms with Crippen molar-refractivity contribution < 1.29 is 4.79 Å². The number of likely N-dealkylation sites (N-methyl/N-ethyl adjacent to an activating group) is 1. The Bertz CT molecular complexity index is 387. The van der Waals surface area contributed by atoms with Gasteiger partial charge in [-0.2, -0.15) is 0 Å². The van der Waals surface area contributed by atoms with E-state index >= 15 is 0 Å². The Kier molecular flexibility index (Phi) is 6.36. The number of nitrogens with two attached hydrogens (primary N) is 1. The molecule has 2 N–H and O–H groups in total. The molecule has 0 saturated heterocycles. The molecule has 0 radical (unpaired) electrons. The van der Waals surface area contributed by atoms with Gasteiger partial charge >= 0.3 is 0 Å². The van der Waals surface area contributed by atoms with Crippen LogP contribution >= 0.6 is 0 Å². The highest BCUT2D eigenvalue weighted by molar-refractivity contribution is 5.78. The fourth-order valence-electron chi connectivity index (χ4n) is 1.96. The average molecular weight is 263 g/mol. The topological polar surface area (TPSA) is 49.6 Å². The summed E-state index contributed by atoms with van der Waals surface area (Å²) in [6.07, 6.45) is 1.46. The lowest BCUT2D eigenvalue weighted by molar-refractivity contribution is -0.130. The van der Waals surface area contributed by atoms with Gasteiger partial charge in [0.05, 0.1) is 6.42 Å². The lowest BCUT2D eigenvalue weighted by Crippen LogP contribution is -2.34. The molecule has 1 amide bonds. The minimum Gasteiger partial charge on any atom is -0.399 e. The molecule has 0 aliphatic carbocycles. The van der Waals surface area contributed by atoms with Crippen molar-refractivity contribution in [3.8, 4) is 0 Å². The van der Waals surface area contributed by atoms with E-state index < -0.39 is 0 Å². The van der Waals surface area contributed by atoms with Gasteiger partial charge in [0, 0.05) is 18.8 Å². The molecule has 19 heavy (non-hydrogen) atoms. The Morgan fingerprint density at radius 3 is 2.32 bits per heavy atom. The SMILES string of the molecule is CCN(CCCN(C)C)C(=O)Cc1ccc(N)cc1. The van der Waals surface area contributed by atoms with Crippen molar-refractivity contribution in [2.75, 3.05) is 39.5 Å². The summed E-state index contributed by atoms with van der Waals surface area (Å²) in [5.41, 5.74) is 7.39. The predicted octanol–water partition coefficient (Wildman–Crippen LogP) is 1.61. The van der Waals surface area contributed by atoms with E-state index in [0.717, 1.165) is 37.3 Å². The highest BCUT2D eigenvalue weighted by Gasteiger charge is 2.11. The van der Waals surface area contributed by atoms with Gasteiger partial charge in [-0.05, 0) is 51.7 Å². The van der Waals surface area contributed by atoms with Crippen LogP contribution in [0.25, 0.3) is 0 Å². The van der Waals surface area contributed by atoms with E-state index in [1.165, 1.54) is 0 Å².